The van der Waals surface area contributed by atoms with Gasteiger partial charge in [0.1, 0.15) is 5.75 Å². The van der Waals surface area contributed by atoms with Crippen molar-refractivity contribution in [2.24, 2.45) is 0 Å². The van der Waals surface area contributed by atoms with Crippen molar-refractivity contribution in [1.29, 1.82) is 0 Å². The quantitative estimate of drug-likeness (QED) is 0.622. The molecule has 0 atom stereocenters. The molecule has 1 heterocycles. The summed E-state index contributed by atoms with van der Waals surface area (Å²) < 4.78 is 11.3. The summed E-state index contributed by atoms with van der Waals surface area (Å²) in [7, 11) is 0. The highest BCUT2D eigenvalue weighted by Gasteiger charge is 2.09. The maximum Gasteiger partial charge on any atom is 0.335 e. The second kappa shape index (κ2) is 8.05. The van der Waals surface area contributed by atoms with E-state index in [-0.39, 0.29) is 12.2 Å². The lowest BCUT2D eigenvalue weighted by Crippen LogP contribution is -1.96. The van der Waals surface area contributed by atoms with E-state index >= 15 is 0 Å². The molecule has 1 aromatic heterocycles. The number of nitrogens with zero attached hydrogens (tertiary/aromatic N) is 2. The van der Waals surface area contributed by atoms with Crippen LogP contribution < -0.4 is 4.74 Å². The Kier molecular flexibility index (Phi) is 5.58. The van der Waals surface area contributed by atoms with E-state index in [1.54, 1.807) is 24.3 Å². The number of aromatic carboxylic acids is 1. The Morgan fingerprint density at radius 2 is 1.81 bits per heavy atom. The molecule has 7 heteroatoms. The summed E-state index contributed by atoms with van der Waals surface area (Å²) >= 11 is 1.39. The van der Waals surface area contributed by atoms with Crippen LogP contribution >= 0.6 is 11.8 Å². The van der Waals surface area contributed by atoms with E-state index in [0.29, 0.717) is 16.9 Å². The van der Waals surface area contributed by atoms with Crippen molar-refractivity contribution >= 4 is 17.7 Å². The Labute approximate surface area is 155 Å². The zero-order chi connectivity index (χ0) is 18.5. The Morgan fingerprint density at radius 3 is 2.46 bits per heavy atom. The molecule has 0 spiro atoms. The fourth-order valence-electron chi connectivity index (χ4n) is 2.40. The first-order valence-electron chi connectivity index (χ1n) is 7.98. The van der Waals surface area contributed by atoms with Crippen molar-refractivity contribution in [2.45, 2.75) is 31.4 Å². The molecule has 3 rings (SSSR count). The van der Waals surface area contributed by atoms with Gasteiger partial charge in [0.05, 0.1) is 5.56 Å². The smallest absolute Gasteiger partial charge is 0.335 e. The highest BCUT2D eigenvalue weighted by Crippen LogP contribution is 2.23. The highest BCUT2D eigenvalue weighted by atomic mass is 32.2. The number of hydrogen-bond acceptors (Lipinski definition) is 6. The lowest BCUT2D eigenvalue weighted by atomic mass is 10.1. The molecular formula is C19H18N2O4S. The standard InChI is InChI=1S/C19H18N2O4S/c1-12-7-13(2)9-16(8-12)24-10-17-20-21-19(25-17)26-11-14-3-5-15(6-4-14)18(22)23/h3-9H,10-11H2,1-2H3,(H,22,23). The van der Waals surface area contributed by atoms with E-state index in [1.807, 2.05) is 26.0 Å². The van der Waals surface area contributed by atoms with Gasteiger partial charge in [-0.05, 0) is 54.8 Å². The Hall–Kier alpha value is -2.80. The minimum absolute atomic E-state index is 0.212. The van der Waals surface area contributed by atoms with Crippen molar-refractivity contribution < 1.29 is 19.1 Å². The molecule has 26 heavy (non-hydrogen) atoms. The van der Waals surface area contributed by atoms with Crippen LogP contribution in [-0.2, 0) is 12.4 Å². The number of rotatable bonds is 7. The molecule has 134 valence electrons. The number of hydrogen-bond donors (Lipinski definition) is 1. The van der Waals surface area contributed by atoms with Gasteiger partial charge in [-0.25, -0.2) is 4.79 Å². The molecule has 0 bridgehead atoms. The van der Waals surface area contributed by atoms with Crippen molar-refractivity contribution in [3.63, 3.8) is 0 Å². The van der Waals surface area contributed by atoms with Crippen LogP contribution in [0.4, 0.5) is 0 Å². The second-order valence-electron chi connectivity index (χ2n) is 5.86. The normalized spacial score (nSPS) is 10.7. The fourth-order valence-corrected chi connectivity index (χ4v) is 3.14. The lowest BCUT2D eigenvalue weighted by molar-refractivity contribution is 0.0697. The molecule has 0 amide bonds. The summed E-state index contributed by atoms with van der Waals surface area (Å²) in [4.78, 5) is 10.8. The Bertz CT molecular complexity index is 886. The molecule has 0 radical (unpaired) electrons. The van der Waals surface area contributed by atoms with Gasteiger partial charge in [-0.1, -0.05) is 30.0 Å². The summed E-state index contributed by atoms with van der Waals surface area (Å²) in [6, 6.07) is 12.7. The highest BCUT2D eigenvalue weighted by molar-refractivity contribution is 7.98. The molecule has 6 nitrogen and oxygen atoms in total. The van der Waals surface area contributed by atoms with Gasteiger partial charge < -0.3 is 14.3 Å². The molecule has 1 N–H and O–H groups in total. The molecule has 0 aliphatic heterocycles. The van der Waals surface area contributed by atoms with E-state index in [9.17, 15) is 4.79 Å². The summed E-state index contributed by atoms with van der Waals surface area (Å²) in [5, 5.41) is 17.3. The first-order chi connectivity index (χ1) is 12.5. The van der Waals surface area contributed by atoms with Crippen LogP contribution in [0.2, 0.25) is 0 Å². The van der Waals surface area contributed by atoms with Crippen molar-refractivity contribution in [1.82, 2.24) is 10.2 Å². The average molecular weight is 370 g/mol. The third-order valence-electron chi connectivity index (χ3n) is 3.57. The molecule has 3 aromatic rings. The van der Waals surface area contributed by atoms with Crippen LogP contribution in [0.5, 0.6) is 5.75 Å². The zero-order valence-electron chi connectivity index (χ0n) is 14.4. The summed E-state index contributed by atoms with van der Waals surface area (Å²) in [6.45, 7) is 4.25. The van der Waals surface area contributed by atoms with Gasteiger partial charge >= 0.3 is 5.97 Å². The first kappa shape index (κ1) is 18.0. The van der Waals surface area contributed by atoms with Crippen LogP contribution in [0.3, 0.4) is 0 Å². The minimum Gasteiger partial charge on any atom is -0.484 e. The SMILES string of the molecule is Cc1cc(C)cc(OCc2nnc(SCc3ccc(C(=O)O)cc3)o2)c1. The van der Waals surface area contributed by atoms with E-state index in [1.165, 1.54) is 11.8 Å². The summed E-state index contributed by atoms with van der Waals surface area (Å²) in [5.74, 6) is 0.857. The maximum atomic E-state index is 10.8. The fraction of sp³-hybridized carbons (Fsp3) is 0.211. The predicted molar refractivity (Wildman–Crippen MR) is 97.5 cm³/mol. The third kappa shape index (κ3) is 4.86. The summed E-state index contributed by atoms with van der Waals surface area (Å²) in [6.07, 6.45) is 0. The van der Waals surface area contributed by atoms with Crippen LogP contribution in [-0.4, -0.2) is 21.3 Å². The molecule has 2 aromatic carbocycles. The number of carbonyl (C=O) groups is 1. The van der Waals surface area contributed by atoms with Gasteiger partial charge in [-0.3, -0.25) is 0 Å². The zero-order valence-corrected chi connectivity index (χ0v) is 15.2. The molecule has 0 saturated carbocycles. The largest absolute Gasteiger partial charge is 0.484 e. The molecule has 0 aliphatic rings. The van der Waals surface area contributed by atoms with Crippen LogP contribution in [0.1, 0.15) is 32.9 Å². The van der Waals surface area contributed by atoms with Crippen LogP contribution in [0, 0.1) is 13.8 Å². The van der Waals surface area contributed by atoms with Gasteiger partial charge in [0.15, 0.2) is 6.61 Å². The maximum absolute atomic E-state index is 10.8. The van der Waals surface area contributed by atoms with Gasteiger partial charge in [-0.2, -0.15) is 0 Å². The van der Waals surface area contributed by atoms with Crippen molar-refractivity contribution in [2.75, 3.05) is 0 Å². The van der Waals surface area contributed by atoms with Crippen molar-refractivity contribution in [3.8, 4) is 5.75 Å². The lowest BCUT2D eigenvalue weighted by Gasteiger charge is -2.05. The average Bonchev–Trinajstić information content (AvgIpc) is 3.06. The molecule has 0 saturated heterocycles. The predicted octanol–water partition coefficient (Wildman–Crippen LogP) is 4.26. The Balaban J connectivity index is 1.53. The van der Waals surface area contributed by atoms with E-state index in [2.05, 4.69) is 16.3 Å². The molecule has 0 aliphatic carbocycles. The number of thioether (sulfide) groups is 1. The first-order valence-corrected chi connectivity index (χ1v) is 8.96. The van der Waals surface area contributed by atoms with Gasteiger partial charge in [-0.15, -0.1) is 10.2 Å². The Morgan fingerprint density at radius 1 is 1.12 bits per heavy atom. The van der Waals surface area contributed by atoms with Gasteiger partial charge in [0.25, 0.3) is 11.1 Å². The van der Waals surface area contributed by atoms with Gasteiger partial charge in [0, 0.05) is 5.75 Å². The number of benzene rings is 2. The number of carboxylic acid groups (broad SMARTS) is 1. The third-order valence-corrected chi connectivity index (χ3v) is 4.46. The monoisotopic (exact) mass is 370 g/mol. The molecular weight excluding hydrogens is 352 g/mol. The number of aryl methyl sites for hydroxylation is 2. The van der Waals surface area contributed by atoms with Crippen molar-refractivity contribution in [3.05, 3.63) is 70.6 Å². The van der Waals surface area contributed by atoms with E-state index in [4.69, 9.17) is 14.3 Å². The van der Waals surface area contributed by atoms with Crippen LogP contribution in [0.25, 0.3) is 0 Å². The van der Waals surface area contributed by atoms with E-state index in [0.717, 1.165) is 22.4 Å². The number of ether oxygens (including phenoxy) is 1. The number of aromatic nitrogens is 2. The van der Waals surface area contributed by atoms with Crippen LogP contribution in [0.15, 0.2) is 52.1 Å². The minimum atomic E-state index is -0.936. The second-order valence-corrected chi connectivity index (χ2v) is 6.79. The number of carboxylic acids is 1. The molecule has 0 fully saturated rings. The van der Waals surface area contributed by atoms with Gasteiger partial charge in [0.2, 0.25) is 0 Å². The summed E-state index contributed by atoms with van der Waals surface area (Å²) in [5.41, 5.74) is 3.51. The topological polar surface area (TPSA) is 85.5 Å². The molecule has 0 unspecified atom stereocenters. The van der Waals surface area contributed by atoms with E-state index < -0.39 is 5.97 Å².